The Bertz CT molecular complexity index is 461. The summed E-state index contributed by atoms with van der Waals surface area (Å²) in [4.78, 5) is 22.1. The van der Waals surface area contributed by atoms with E-state index < -0.39 is 12.1 Å². The molecule has 98 valence electrons. The van der Waals surface area contributed by atoms with Gasteiger partial charge in [0.2, 0.25) is 0 Å². The third-order valence-electron chi connectivity index (χ3n) is 2.43. The molecule has 4 nitrogen and oxygen atoms in total. The molecule has 0 radical (unpaired) electrons. The van der Waals surface area contributed by atoms with Crippen LogP contribution < -0.4 is 0 Å². The maximum absolute atomic E-state index is 11.3. The van der Waals surface area contributed by atoms with Crippen LogP contribution in [0.4, 0.5) is 0 Å². The van der Waals surface area contributed by atoms with Crippen molar-refractivity contribution in [3.8, 4) is 0 Å². The molecule has 0 aliphatic carbocycles. The number of aliphatic carboxylic acids is 1. The summed E-state index contributed by atoms with van der Waals surface area (Å²) in [5.74, 6) is -1.70. The number of carbonyl (C=O) groups is 2. The van der Waals surface area contributed by atoms with Crippen molar-refractivity contribution >= 4 is 39.3 Å². The lowest BCUT2D eigenvalue weighted by molar-refractivity contribution is -0.147. The Labute approximate surface area is 118 Å². The van der Waals surface area contributed by atoms with Crippen molar-refractivity contribution < 1.29 is 19.8 Å². The van der Waals surface area contributed by atoms with Crippen molar-refractivity contribution in [2.24, 2.45) is 0 Å². The first-order chi connectivity index (χ1) is 8.49. The Hall–Kier alpha value is -0.910. The highest BCUT2D eigenvalue weighted by Gasteiger charge is 2.20. The van der Waals surface area contributed by atoms with Crippen LogP contribution in [0.15, 0.2) is 18.2 Å². The molecule has 6 heteroatoms. The summed E-state index contributed by atoms with van der Waals surface area (Å²) in [7, 11) is 0. The van der Waals surface area contributed by atoms with Gasteiger partial charge in [0, 0.05) is 11.8 Å². The molecular formula is C12H12BrClO4. The number of benzene rings is 1. The average Bonchev–Trinajstić information content (AvgIpc) is 2.38. The number of carboxylic acids is 1. The first-order valence-electron chi connectivity index (χ1n) is 5.15. The van der Waals surface area contributed by atoms with Crippen molar-refractivity contribution in [1.29, 1.82) is 0 Å². The van der Waals surface area contributed by atoms with E-state index in [1.54, 1.807) is 18.2 Å². The molecular weight excluding hydrogens is 323 g/mol. The van der Waals surface area contributed by atoms with Crippen LogP contribution in [0.2, 0.25) is 0 Å². The van der Waals surface area contributed by atoms with Crippen LogP contribution in [0.1, 0.15) is 22.8 Å². The number of carbonyl (C=O) groups excluding carboxylic acids is 1. The van der Waals surface area contributed by atoms with Crippen LogP contribution in [0.5, 0.6) is 0 Å². The summed E-state index contributed by atoms with van der Waals surface area (Å²) >= 11 is 8.67. The van der Waals surface area contributed by atoms with Gasteiger partial charge in [-0.25, -0.2) is 4.79 Å². The van der Waals surface area contributed by atoms with E-state index in [9.17, 15) is 14.7 Å². The highest BCUT2D eigenvalue weighted by atomic mass is 79.9. The molecule has 0 amide bonds. The number of alkyl halides is 2. The predicted octanol–water partition coefficient (Wildman–Crippen LogP) is 2.05. The molecule has 0 aromatic heterocycles. The monoisotopic (exact) mass is 334 g/mol. The van der Waals surface area contributed by atoms with Gasteiger partial charge in [-0.3, -0.25) is 4.79 Å². The van der Waals surface area contributed by atoms with Gasteiger partial charge >= 0.3 is 5.97 Å². The molecule has 0 saturated heterocycles. The Morgan fingerprint density at radius 1 is 1.39 bits per heavy atom. The minimum Gasteiger partial charge on any atom is -0.479 e. The molecule has 1 rings (SSSR count). The van der Waals surface area contributed by atoms with Crippen molar-refractivity contribution in [3.05, 3.63) is 34.9 Å². The van der Waals surface area contributed by atoms with Gasteiger partial charge in [-0.15, -0.1) is 11.6 Å². The number of ketones is 1. The predicted molar refractivity (Wildman–Crippen MR) is 71.1 cm³/mol. The number of hydrogen-bond donors (Lipinski definition) is 2. The second-order valence-corrected chi connectivity index (χ2v) is 4.58. The largest absolute Gasteiger partial charge is 0.479 e. The zero-order valence-electron chi connectivity index (χ0n) is 9.40. The van der Waals surface area contributed by atoms with E-state index in [-0.39, 0.29) is 23.6 Å². The number of rotatable bonds is 6. The molecule has 0 spiro atoms. The van der Waals surface area contributed by atoms with Crippen LogP contribution in [0.25, 0.3) is 0 Å². The molecule has 1 unspecified atom stereocenters. The van der Waals surface area contributed by atoms with Gasteiger partial charge in [0.1, 0.15) is 0 Å². The van der Waals surface area contributed by atoms with Gasteiger partial charge < -0.3 is 10.2 Å². The molecule has 0 fully saturated rings. The maximum Gasteiger partial charge on any atom is 0.337 e. The van der Waals surface area contributed by atoms with Gasteiger partial charge in [0.05, 0.1) is 5.88 Å². The Balaban J connectivity index is 3.15. The summed E-state index contributed by atoms with van der Waals surface area (Å²) in [5, 5.41) is 19.0. The number of Topliss-reactive ketones (excluding diaryl/α,β-unsaturated/α-hetero) is 1. The third kappa shape index (κ3) is 3.80. The van der Waals surface area contributed by atoms with E-state index in [0.717, 1.165) is 5.56 Å². The normalized spacial score (nSPS) is 12.2. The molecule has 0 bridgehead atoms. The fraction of sp³-hybridized carbons (Fsp3) is 0.333. The van der Waals surface area contributed by atoms with Crippen LogP contribution in [-0.4, -0.2) is 27.8 Å². The fourth-order valence-electron chi connectivity index (χ4n) is 1.54. The first-order valence-corrected chi connectivity index (χ1v) is 6.81. The van der Waals surface area contributed by atoms with Gasteiger partial charge in [-0.05, 0) is 16.7 Å². The van der Waals surface area contributed by atoms with E-state index in [1.807, 2.05) is 0 Å². The Kier molecular flexibility index (Phi) is 5.78. The number of halogens is 2. The topological polar surface area (TPSA) is 74.6 Å². The molecule has 1 aromatic rings. The minimum atomic E-state index is -1.64. The highest BCUT2D eigenvalue weighted by molar-refractivity contribution is 9.08. The van der Waals surface area contributed by atoms with Crippen LogP contribution >= 0.6 is 27.5 Å². The van der Waals surface area contributed by atoms with Crippen LogP contribution in [0.3, 0.4) is 0 Å². The van der Waals surface area contributed by atoms with E-state index in [2.05, 4.69) is 15.9 Å². The average molecular weight is 336 g/mol. The first kappa shape index (κ1) is 15.1. The van der Waals surface area contributed by atoms with Gasteiger partial charge in [0.15, 0.2) is 11.9 Å². The summed E-state index contributed by atoms with van der Waals surface area (Å²) in [6, 6.07) is 4.98. The minimum absolute atomic E-state index is 0.0196. The fourth-order valence-corrected chi connectivity index (χ4v) is 1.98. The zero-order chi connectivity index (χ0) is 13.7. The van der Waals surface area contributed by atoms with Crippen LogP contribution in [-0.2, 0) is 21.3 Å². The van der Waals surface area contributed by atoms with Gasteiger partial charge in [-0.2, -0.15) is 0 Å². The Morgan fingerprint density at radius 3 is 2.56 bits per heavy atom. The number of aliphatic hydroxyl groups excluding tert-OH is 1. The standard InChI is InChI=1S/C12H12BrClO4/c13-5-7-1-2-8(4-9(15)6-14)10(3-7)11(16)12(17)18/h1-3,11,16H,4-6H2,(H,17,18). The van der Waals surface area contributed by atoms with E-state index in [4.69, 9.17) is 16.7 Å². The maximum atomic E-state index is 11.3. The summed E-state index contributed by atoms with van der Waals surface area (Å²) in [5.41, 5.74) is 1.55. The van der Waals surface area contributed by atoms with Gasteiger partial charge in [0.25, 0.3) is 0 Å². The van der Waals surface area contributed by atoms with Gasteiger partial charge in [-0.1, -0.05) is 34.1 Å². The Morgan fingerprint density at radius 2 is 2.06 bits per heavy atom. The molecule has 1 aromatic carbocycles. The lowest BCUT2D eigenvalue weighted by Gasteiger charge is -2.13. The summed E-state index contributed by atoms with van der Waals surface area (Å²) in [6.07, 6.45) is -1.62. The second-order valence-electron chi connectivity index (χ2n) is 3.76. The summed E-state index contributed by atoms with van der Waals surface area (Å²) < 4.78 is 0. The van der Waals surface area contributed by atoms with E-state index in [1.165, 1.54) is 0 Å². The lowest BCUT2D eigenvalue weighted by Crippen LogP contribution is -2.15. The molecule has 0 aliphatic heterocycles. The summed E-state index contributed by atoms with van der Waals surface area (Å²) in [6.45, 7) is 0. The molecule has 0 aliphatic rings. The second kappa shape index (κ2) is 6.87. The van der Waals surface area contributed by atoms with Crippen molar-refractivity contribution in [1.82, 2.24) is 0 Å². The van der Waals surface area contributed by atoms with E-state index in [0.29, 0.717) is 10.9 Å². The number of carboxylic acid groups (broad SMARTS) is 1. The van der Waals surface area contributed by atoms with Crippen molar-refractivity contribution in [3.63, 3.8) is 0 Å². The molecule has 18 heavy (non-hydrogen) atoms. The SMILES string of the molecule is O=C(CCl)Cc1ccc(CBr)cc1C(O)C(=O)O. The van der Waals surface area contributed by atoms with Crippen LogP contribution in [0, 0.1) is 0 Å². The third-order valence-corrected chi connectivity index (χ3v) is 3.38. The molecule has 0 heterocycles. The quantitative estimate of drug-likeness (QED) is 0.780. The number of hydrogen-bond acceptors (Lipinski definition) is 3. The number of aliphatic hydroxyl groups is 1. The molecule has 0 saturated carbocycles. The zero-order valence-corrected chi connectivity index (χ0v) is 11.7. The lowest BCUT2D eigenvalue weighted by atomic mass is 9.96. The van der Waals surface area contributed by atoms with E-state index >= 15 is 0 Å². The smallest absolute Gasteiger partial charge is 0.337 e. The highest BCUT2D eigenvalue weighted by Crippen LogP contribution is 2.22. The molecule has 2 N–H and O–H groups in total. The van der Waals surface area contributed by atoms with Crippen molar-refractivity contribution in [2.45, 2.75) is 17.9 Å². The van der Waals surface area contributed by atoms with Crippen molar-refractivity contribution in [2.75, 3.05) is 5.88 Å². The molecule has 1 atom stereocenters.